The van der Waals surface area contributed by atoms with Crippen molar-refractivity contribution in [2.75, 3.05) is 19.6 Å². The molecule has 15 N–H and O–H groups in total. The van der Waals surface area contributed by atoms with Gasteiger partial charge in [-0.15, -0.1) is 0 Å². The third kappa shape index (κ3) is 26.4. The van der Waals surface area contributed by atoms with Crippen LogP contribution in [0.1, 0.15) is 266 Å². The first-order valence-electron chi connectivity index (χ1n) is 50.3. The number of rotatable bonds is 39. The summed E-state index contributed by atoms with van der Waals surface area (Å²) in [6, 6.07) is 4.80. The van der Waals surface area contributed by atoms with Gasteiger partial charge in [-0.3, -0.25) is 57.5 Å². The highest BCUT2D eigenvalue weighted by Gasteiger charge is 2.73. The third-order valence-corrected chi connectivity index (χ3v) is 31.4. The summed E-state index contributed by atoms with van der Waals surface area (Å²) >= 11 is 0. The lowest BCUT2D eigenvalue weighted by Crippen LogP contribution is -2.62. The highest BCUT2D eigenvalue weighted by molar-refractivity contribution is 6.39. The standard InChI is InChI=1S/C36H51N5O7.C35H51N5O7.C33H53N5O7/c1-35(2,3)29(40-34(47)39-26(22-13-9-10-14-22)33(46)48-19-21-11-7-6-8-12-21)32(45)41-18-23-25(36(23,4)5)27(41)31(44)38-24(17-20-15-16-20)28(42)30(37)43;1-18(2)25(32(45)47-19(3)21-12-10-9-11-13-21)38-33(46)39-28(34(4,5)6)31(44)40-17-22-24(35(22,7)8)26(40)30(43)37-23(16-20-14-15-20)27(41)29(36)42;1-16(2)22(29(43)45-33(8,9)18-12-13-18)36-30(44)37-25(31(3,4)5)28(42)38-15-19-21(32(19,6)7)23(38)27(41)35-20(14-17-10-11-17)24(39)26(34)40/h6-8,11-12,20,22-27,29H,9-10,13-19H2,1-5H3,(H2,37,43)(H,38,44)(H2,39,40,47);9-13,18-20,22-26,28H,14-17H2,1-8H3,(H2,36,42)(H,37,43)(H2,38,39,46);16-23,25H,10-15H2,1-9H3,(H2,34,40)(H,35,41)(H2,36,37,44)/t23-,24?,25-,26-,27-,29+;19-,22+,23?,24+,25+,26+,28-;19-,20?,21-,22-,23-,25+/m010/s1. The smallest absolute Gasteiger partial charge is 0.329 e. The Morgan fingerprint density at radius 1 is 0.393 bits per heavy atom. The van der Waals surface area contributed by atoms with E-state index < -0.39 is 207 Å². The van der Waals surface area contributed by atoms with Gasteiger partial charge >= 0.3 is 36.0 Å². The van der Waals surface area contributed by atoms with Gasteiger partial charge in [-0.25, -0.2) is 28.8 Å². The predicted octanol–water partition coefficient (Wildman–Crippen LogP) is 7.96. The van der Waals surface area contributed by atoms with Gasteiger partial charge < -0.3 is 94.0 Å². The summed E-state index contributed by atoms with van der Waals surface area (Å²) in [5, 5.41) is 24.9. The van der Waals surface area contributed by atoms with E-state index in [9.17, 15) is 86.3 Å². The van der Waals surface area contributed by atoms with Gasteiger partial charge in [0.05, 0.1) is 18.1 Å². The molecule has 8 aliphatic carbocycles. The molecule has 13 rings (SSSR count). The number of ether oxygens (including phenoxy) is 3. The van der Waals surface area contributed by atoms with Gasteiger partial charge in [0.2, 0.25) is 52.8 Å². The zero-order chi connectivity index (χ0) is 104. The van der Waals surface area contributed by atoms with Crippen LogP contribution in [0, 0.1) is 109 Å². The van der Waals surface area contributed by atoms with E-state index in [2.05, 4.69) is 47.9 Å². The molecule has 772 valence electrons. The molecule has 0 aromatic heterocycles. The summed E-state index contributed by atoms with van der Waals surface area (Å²) < 4.78 is 17.1. The van der Waals surface area contributed by atoms with Crippen LogP contribution in [0.3, 0.4) is 0 Å². The average molecular weight is 1950 g/mol. The molecule has 0 bridgehead atoms. The molecule has 3 unspecified atom stereocenters. The van der Waals surface area contributed by atoms with E-state index in [0.29, 0.717) is 44.8 Å². The van der Waals surface area contributed by atoms with Crippen LogP contribution in [0.25, 0.3) is 0 Å². The van der Waals surface area contributed by atoms with E-state index in [0.717, 1.165) is 88.2 Å². The maximum atomic E-state index is 14.3. The van der Waals surface area contributed by atoms with Gasteiger partial charge in [0.25, 0.3) is 17.7 Å². The SMILES string of the molecule is CC(C)(C)[C@H](NC(=O)N[C@H](C(=O)OCc1ccccc1)C1CCCC1)C(=O)N1C[C@H]2[C@@H]([C@H]1C(=O)NC(CC1CC1)C(=O)C(N)=O)C2(C)C.CC(C)[C@H](NC(=O)N[C@H](C(=O)N1C[C@H]2[C@@H]([C@H]1C(=O)NC(CC1CC1)C(=O)C(N)=O)C2(C)C)C(C)(C)C)C(=O)OC(C)(C)C1CC1.CC(C)[C@H](NC(=O)N[C@H](C(=O)N1C[C@H]2[C@@H]([C@H]1C(=O)NC(CC1CC1)C(=O)C(N)=O)C2(C)C)C(C)(C)C)C(=O)O[C@H](C)c1ccccc1. The van der Waals surface area contributed by atoms with E-state index in [1.807, 2.05) is 171 Å². The molecule has 8 saturated carbocycles. The maximum Gasteiger partial charge on any atom is 0.329 e. The van der Waals surface area contributed by atoms with Crippen LogP contribution in [0.2, 0.25) is 0 Å². The number of ketones is 3. The number of hydrogen-bond acceptors (Lipinski definition) is 21. The third-order valence-electron chi connectivity index (χ3n) is 31.4. The van der Waals surface area contributed by atoms with E-state index in [4.69, 9.17) is 31.4 Å². The van der Waals surface area contributed by atoms with E-state index in [-0.39, 0.29) is 93.9 Å². The lowest BCUT2D eigenvalue weighted by molar-refractivity contribution is -0.162. The highest BCUT2D eigenvalue weighted by atomic mass is 16.6. The van der Waals surface area contributed by atoms with Crippen molar-refractivity contribution in [2.45, 2.75) is 339 Å². The van der Waals surface area contributed by atoms with Crippen molar-refractivity contribution in [1.82, 2.24) is 62.6 Å². The number of benzene rings is 2. The second-order valence-electron chi connectivity index (χ2n) is 47.7. The molecular weight excluding hydrogens is 1800 g/mol. The number of nitrogens with two attached hydrogens (primary N) is 3. The monoisotopic (exact) mass is 1950 g/mol. The molecule has 0 radical (unpaired) electrons. The molecule has 140 heavy (non-hydrogen) atoms. The zero-order valence-electron chi connectivity index (χ0n) is 85.9. The minimum atomic E-state index is -1.11. The number of nitrogens with one attached hydrogen (secondary N) is 9. The van der Waals surface area contributed by atoms with Crippen LogP contribution in [0.5, 0.6) is 0 Å². The highest BCUT2D eigenvalue weighted by Crippen LogP contribution is 2.67. The fraction of sp³-hybridized carbons (Fsp3) is 0.712. The van der Waals surface area contributed by atoms with E-state index in [1.165, 1.54) is 14.7 Å². The van der Waals surface area contributed by atoms with Crippen LogP contribution in [-0.2, 0) is 92.7 Å². The fourth-order valence-corrected chi connectivity index (χ4v) is 21.6. The van der Waals surface area contributed by atoms with Gasteiger partial charge in [0, 0.05) is 19.6 Å². The molecule has 19 atom stereocenters. The Balaban J connectivity index is 0.000000201. The summed E-state index contributed by atoms with van der Waals surface area (Å²) in [4.78, 5) is 242. The molecule has 3 saturated heterocycles. The van der Waals surface area contributed by atoms with Crippen molar-refractivity contribution in [2.24, 2.45) is 127 Å². The maximum absolute atomic E-state index is 14.3. The summed E-state index contributed by atoms with van der Waals surface area (Å²) in [6.45, 7) is 42.3. The molecule has 15 amide bonds. The first kappa shape index (κ1) is 109. The molecule has 0 spiro atoms. The molecule has 2 aromatic carbocycles. The second kappa shape index (κ2) is 43.0. The normalized spacial score (nSPS) is 24.8. The number of primary amides is 3. The van der Waals surface area contributed by atoms with Gasteiger partial charge in [-0.1, -0.05) is 244 Å². The van der Waals surface area contributed by atoms with Crippen molar-refractivity contribution in [3.63, 3.8) is 0 Å². The number of carbonyl (C=O) groups is 18. The van der Waals surface area contributed by atoms with Crippen molar-refractivity contribution in [1.29, 1.82) is 0 Å². The number of urea groups is 3. The lowest BCUT2D eigenvalue weighted by Gasteiger charge is -2.38. The van der Waals surface area contributed by atoms with Crippen LogP contribution in [0.15, 0.2) is 60.7 Å². The molecule has 3 aliphatic heterocycles. The van der Waals surface area contributed by atoms with Crippen LogP contribution < -0.4 is 65.1 Å². The van der Waals surface area contributed by atoms with Crippen LogP contribution in [0.4, 0.5) is 14.4 Å². The Hall–Kier alpha value is -11.1. The Bertz CT molecular complexity index is 4990. The number of nitrogens with zero attached hydrogens (tertiary/aromatic N) is 3. The van der Waals surface area contributed by atoms with Crippen LogP contribution in [-0.4, -0.2) is 219 Å². The van der Waals surface area contributed by atoms with Gasteiger partial charge in [0.15, 0.2) is 0 Å². The first-order chi connectivity index (χ1) is 65.1. The average Bonchev–Trinajstić information content (AvgIpc) is 1.53. The summed E-state index contributed by atoms with van der Waals surface area (Å²) in [5.74, 6) is -10.3. The Morgan fingerprint density at radius 2 is 0.707 bits per heavy atom. The number of amides is 15. The van der Waals surface area contributed by atoms with E-state index >= 15 is 0 Å². The number of esters is 3. The molecule has 11 aliphatic rings. The molecule has 36 nitrogen and oxygen atoms in total. The first-order valence-corrected chi connectivity index (χ1v) is 50.3. The van der Waals surface area contributed by atoms with E-state index in [1.54, 1.807) is 41.5 Å². The fourth-order valence-electron chi connectivity index (χ4n) is 21.6. The predicted molar refractivity (Wildman–Crippen MR) is 517 cm³/mol. The number of Topliss-reactive ketones (excluding diaryl/α,β-unsaturated/α-hetero) is 3. The molecule has 3 heterocycles. The molecule has 2 aromatic rings. The Morgan fingerprint density at radius 3 is 1.01 bits per heavy atom. The topological polar surface area (TPSA) is 531 Å². The van der Waals surface area contributed by atoms with Gasteiger partial charge in [-0.2, -0.15) is 0 Å². The van der Waals surface area contributed by atoms with Crippen molar-refractivity contribution in [3.8, 4) is 0 Å². The molecular formula is C104H155N15O21. The second-order valence-corrected chi connectivity index (χ2v) is 47.7. The lowest BCUT2D eigenvalue weighted by atomic mass is 9.85. The molecule has 36 heteroatoms. The summed E-state index contributed by atoms with van der Waals surface area (Å²) in [7, 11) is 0. The summed E-state index contributed by atoms with van der Waals surface area (Å²) in [5.41, 5.74) is 14.0. The Kier molecular flexibility index (Phi) is 33.6. The number of piperidine rings is 3. The summed E-state index contributed by atoms with van der Waals surface area (Å²) in [6.07, 6.45) is 11.4. The van der Waals surface area contributed by atoms with Crippen molar-refractivity contribution < 1.29 is 101 Å². The zero-order valence-corrected chi connectivity index (χ0v) is 85.9. The van der Waals surface area contributed by atoms with Crippen molar-refractivity contribution in [3.05, 3.63) is 71.8 Å². The Labute approximate surface area is 823 Å². The van der Waals surface area contributed by atoms with Gasteiger partial charge in [0.1, 0.15) is 72.7 Å². The molecule has 11 fully saturated rings. The quantitative estimate of drug-likeness (QED) is 0.0171. The number of hydrogen-bond donors (Lipinski definition) is 12. The van der Waals surface area contributed by atoms with Crippen molar-refractivity contribution >= 4 is 107 Å². The van der Waals surface area contributed by atoms with Gasteiger partial charge in [-0.05, 0) is 186 Å². The van der Waals surface area contributed by atoms with Crippen LogP contribution >= 0.6 is 0 Å². The number of likely N-dealkylation sites (tertiary alicyclic amines) is 3. The number of fused-ring (bicyclic) bond motifs is 3. The number of carbonyl (C=O) groups excluding carboxylic acids is 18. The minimum absolute atomic E-state index is 0.0528. The minimum Gasteiger partial charge on any atom is -0.459 e. The largest absolute Gasteiger partial charge is 0.459 e.